The molecule has 3 N–H and O–H groups in total. The molecule has 156 valence electrons. The first kappa shape index (κ1) is 21.5. The summed E-state index contributed by atoms with van der Waals surface area (Å²) in [4.78, 5) is 38.6. The Kier molecular flexibility index (Phi) is 5.88. The van der Waals surface area contributed by atoms with Crippen molar-refractivity contribution >= 4 is 44.5 Å². The van der Waals surface area contributed by atoms with Gasteiger partial charge in [-0.25, -0.2) is 13.6 Å². The maximum Gasteiger partial charge on any atom is 0.294 e. The van der Waals surface area contributed by atoms with E-state index in [-0.39, 0.29) is 10.3 Å². The number of thioether (sulfide) groups is 1. The van der Waals surface area contributed by atoms with Crippen LogP contribution in [0.2, 0.25) is 0 Å². The van der Waals surface area contributed by atoms with Gasteiger partial charge in [0, 0.05) is 5.69 Å². The molecular weight excluding hydrogens is 414 g/mol. The monoisotopic (exact) mass is 437 g/mol. The summed E-state index contributed by atoms with van der Waals surface area (Å²) < 4.78 is 22.5. The van der Waals surface area contributed by atoms with Crippen LogP contribution in [-0.2, 0) is 19.6 Å². The first-order valence-electron chi connectivity index (χ1n) is 9.15. The molecule has 0 aromatic heterocycles. The molecule has 0 atom stereocenters. The lowest BCUT2D eigenvalue weighted by Gasteiger charge is -2.31. The lowest BCUT2D eigenvalue weighted by molar-refractivity contribution is -0.127. The van der Waals surface area contributed by atoms with Crippen LogP contribution >= 0.6 is 11.8 Å². The molecule has 1 saturated carbocycles. The van der Waals surface area contributed by atoms with E-state index in [1.54, 1.807) is 0 Å². The van der Waals surface area contributed by atoms with Crippen molar-refractivity contribution in [1.29, 1.82) is 0 Å². The molecule has 29 heavy (non-hydrogen) atoms. The van der Waals surface area contributed by atoms with Crippen molar-refractivity contribution in [3.05, 3.63) is 34.7 Å². The Morgan fingerprint density at radius 3 is 2.31 bits per heavy atom. The molecule has 1 aromatic rings. The first-order valence-corrected chi connectivity index (χ1v) is 11.5. The molecule has 3 rings (SSSR count). The Hall–Kier alpha value is -2.17. The number of anilines is 1. The number of carbonyl (C=O) groups is 3. The minimum atomic E-state index is -3.82. The van der Waals surface area contributed by atoms with Gasteiger partial charge in [0.15, 0.2) is 0 Å². The van der Waals surface area contributed by atoms with Gasteiger partial charge in [0.1, 0.15) is 6.54 Å². The van der Waals surface area contributed by atoms with Gasteiger partial charge in [-0.3, -0.25) is 19.3 Å². The summed E-state index contributed by atoms with van der Waals surface area (Å²) in [6.45, 7) is 3.98. The van der Waals surface area contributed by atoms with Crippen molar-refractivity contribution in [1.82, 2.24) is 4.90 Å². The van der Waals surface area contributed by atoms with Crippen LogP contribution in [0, 0.1) is 5.41 Å². The quantitative estimate of drug-likeness (QED) is 0.698. The second kappa shape index (κ2) is 7.92. The molecule has 0 spiro atoms. The highest BCUT2D eigenvalue weighted by atomic mass is 32.2. The molecular formula is C19H23N3O5S2. The summed E-state index contributed by atoms with van der Waals surface area (Å²) in [5, 5.41) is 7.12. The fourth-order valence-corrected chi connectivity index (χ4v) is 4.77. The van der Waals surface area contributed by atoms with Gasteiger partial charge in [-0.05, 0) is 67.1 Å². The average Bonchev–Trinajstić information content (AvgIpc) is 2.89. The molecule has 10 heteroatoms. The number of hydrogen-bond donors (Lipinski definition) is 2. The van der Waals surface area contributed by atoms with E-state index in [0.717, 1.165) is 47.9 Å². The number of rotatable bonds is 4. The Morgan fingerprint density at radius 2 is 1.76 bits per heavy atom. The number of nitrogens with two attached hydrogens (primary N) is 1. The van der Waals surface area contributed by atoms with E-state index in [9.17, 15) is 22.8 Å². The van der Waals surface area contributed by atoms with E-state index in [1.807, 2.05) is 0 Å². The highest BCUT2D eigenvalue weighted by molar-refractivity contribution is 8.18. The van der Waals surface area contributed by atoms with Crippen LogP contribution in [0.3, 0.4) is 0 Å². The molecule has 1 aliphatic carbocycles. The highest BCUT2D eigenvalue weighted by Gasteiger charge is 2.39. The van der Waals surface area contributed by atoms with E-state index < -0.39 is 33.6 Å². The van der Waals surface area contributed by atoms with Gasteiger partial charge in [-0.1, -0.05) is 19.4 Å². The van der Waals surface area contributed by atoms with Crippen molar-refractivity contribution in [3.8, 4) is 0 Å². The number of allylic oxidation sites excluding steroid dienone is 1. The van der Waals surface area contributed by atoms with Gasteiger partial charge >= 0.3 is 0 Å². The third kappa shape index (κ3) is 5.06. The largest absolute Gasteiger partial charge is 0.325 e. The zero-order valence-electron chi connectivity index (χ0n) is 16.2. The van der Waals surface area contributed by atoms with Crippen LogP contribution in [-0.4, -0.2) is 36.9 Å². The second-order valence-electron chi connectivity index (χ2n) is 7.97. The summed E-state index contributed by atoms with van der Waals surface area (Å²) in [5.74, 6) is -0.971. The van der Waals surface area contributed by atoms with Crippen molar-refractivity contribution in [2.75, 3.05) is 11.9 Å². The SMILES string of the molecule is CC1(C)CCC(=C2SC(=O)N(CC(=O)Nc3ccc(S(N)(=O)=O)cc3)C2=O)CC1. The third-order valence-electron chi connectivity index (χ3n) is 5.15. The number of carbonyl (C=O) groups excluding carboxylic acids is 3. The smallest absolute Gasteiger partial charge is 0.294 e. The van der Waals surface area contributed by atoms with Gasteiger partial charge in [-0.2, -0.15) is 0 Å². The van der Waals surface area contributed by atoms with Crippen LogP contribution in [0.15, 0.2) is 39.6 Å². The van der Waals surface area contributed by atoms with Crippen LogP contribution in [0.4, 0.5) is 10.5 Å². The van der Waals surface area contributed by atoms with Gasteiger partial charge in [-0.15, -0.1) is 0 Å². The van der Waals surface area contributed by atoms with Gasteiger partial charge in [0.25, 0.3) is 11.1 Å². The molecule has 2 aliphatic rings. The third-order valence-corrected chi connectivity index (χ3v) is 7.14. The summed E-state index contributed by atoms with van der Waals surface area (Å²) >= 11 is 0.898. The molecule has 3 amide bonds. The molecule has 1 aromatic carbocycles. The molecule has 0 unspecified atom stereocenters. The number of primary sulfonamides is 1. The zero-order chi connectivity index (χ0) is 21.4. The topological polar surface area (TPSA) is 127 Å². The minimum absolute atomic E-state index is 0.0799. The first-order chi connectivity index (χ1) is 13.5. The Bertz CT molecular complexity index is 985. The van der Waals surface area contributed by atoms with Crippen molar-refractivity contribution < 1.29 is 22.8 Å². The molecule has 8 nitrogen and oxygen atoms in total. The fourth-order valence-electron chi connectivity index (χ4n) is 3.28. The van der Waals surface area contributed by atoms with E-state index in [4.69, 9.17) is 5.14 Å². The van der Waals surface area contributed by atoms with Crippen LogP contribution in [0.5, 0.6) is 0 Å². The van der Waals surface area contributed by atoms with Crippen molar-refractivity contribution in [2.24, 2.45) is 10.6 Å². The molecule has 0 radical (unpaired) electrons. The lowest BCUT2D eigenvalue weighted by Crippen LogP contribution is -2.36. The summed E-state index contributed by atoms with van der Waals surface area (Å²) in [7, 11) is -3.82. The van der Waals surface area contributed by atoms with Gasteiger partial charge in [0.2, 0.25) is 15.9 Å². The van der Waals surface area contributed by atoms with E-state index in [1.165, 1.54) is 24.3 Å². The van der Waals surface area contributed by atoms with E-state index >= 15 is 0 Å². The summed E-state index contributed by atoms with van der Waals surface area (Å²) in [6, 6.07) is 5.30. The van der Waals surface area contributed by atoms with Gasteiger partial charge in [0.05, 0.1) is 9.80 Å². The van der Waals surface area contributed by atoms with Crippen LogP contribution < -0.4 is 10.5 Å². The lowest BCUT2D eigenvalue weighted by atomic mass is 9.75. The maximum absolute atomic E-state index is 12.7. The number of hydrogen-bond acceptors (Lipinski definition) is 6. The van der Waals surface area contributed by atoms with E-state index in [2.05, 4.69) is 19.2 Å². The zero-order valence-corrected chi connectivity index (χ0v) is 17.9. The minimum Gasteiger partial charge on any atom is -0.325 e. The van der Waals surface area contributed by atoms with Crippen molar-refractivity contribution in [3.63, 3.8) is 0 Å². The molecule has 1 saturated heterocycles. The standard InChI is InChI=1S/C19H23N3O5S2/c1-19(2)9-7-12(8-10-19)16-17(24)22(18(25)28-16)11-15(23)21-13-3-5-14(6-4-13)29(20,26)27/h3-6H,7-11H2,1-2H3,(H,21,23)(H2,20,26,27). The number of nitrogens with zero attached hydrogens (tertiary/aromatic N) is 1. The number of benzene rings is 1. The predicted molar refractivity (Wildman–Crippen MR) is 110 cm³/mol. The maximum atomic E-state index is 12.7. The van der Waals surface area contributed by atoms with E-state index in [0.29, 0.717) is 10.6 Å². The molecule has 1 heterocycles. The normalized spacial score (nSPS) is 19.6. The second-order valence-corrected chi connectivity index (χ2v) is 10.5. The molecule has 1 aliphatic heterocycles. The molecule has 0 bridgehead atoms. The number of sulfonamides is 1. The van der Waals surface area contributed by atoms with Crippen LogP contribution in [0.1, 0.15) is 39.5 Å². The Labute approximate surface area is 173 Å². The highest BCUT2D eigenvalue weighted by Crippen LogP contribution is 2.43. The van der Waals surface area contributed by atoms with Gasteiger partial charge < -0.3 is 5.32 Å². The number of imide groups is 1. The van der Waals surface area contributed by atoms with Crippen LogP contribution in [0.25, 0.3) is 0 Å². The molecule has 2 fully saturated rings. The Morgan fingerprint density at radius 1 is 1.17 bits per heavy atom. The Balaban J connectivity index is 1.65. The predicted octanol–water partition coefficient (Wildman–Crippen LogP) is 2.82. The van der Waals surface area contributed by atoms with Crippen molar-refractivity contribution in [2.45, 2.75) is 44.4 Å². The summed E-state index contributed by atoms with van der Waals surface area (Å²) in [6.07, 6.45) is 3.49. The number of amides is 3. The number of nitrogens with one attached hydrogen (secondary N) is 1. The fraction of sp³-hybridized carbons (Fsp3) is 0.421. The average molecular weight is 438 g/mol. The summed E-state index contributed by atoms with van der Waals surface area (Å²) in [5.41, 5.74) is 1.56.